The average molecular weight is 184 g/mol. The molecule has 0 saturated heterocycles. The van der Waals surface area contributed by atoms with Gasteiger partial charge in [0.1, 0.15) is 17.6 Å². The summed E-state index contributed by atoms with van der Waals surface area (Å²) in [4.78, 5) is 4.27. The molecule has 1 aromatic rings. The number of rotatable bonds is 4. The number of methoxy groups -OCH3 is 1. The predicted octanol–water partition coefficient (Wildman–Crippen LogP) is 1.20. The van der Waals surface area contributed by atoms with Gasteiger partial charge in [-0.05, 0) is 14.0 Å². The Hall–Kier alpha value is -0.870. The monoisotopic (exact) mass is 184 g/mol. The minimum Gasteiger partial charge on any atom is -0.446 e. The number of ether oxygens (including phenoxy) is 1. The number of hydrogen-bond donors (Lipinski definition) is 1. The zero-order valence-corrected chi connectivity index (χ0v) is 8.55. The summed E-state index contributed by atoms with van der Waals surface area (Å²) in [6.07, 6.45) is -0.0255. The van der Waals surface area contributed by atoms with E-state index in [0.29, 0.717) is 5.89 Å². The Morgan fingerprint density at radius 2 is 2.23 bits per heavy atom. The van der Waals surface area contributed by atoms with Crippen molar-refractivity contribution in [2.75, 3.05) is 20.7 Å². The molecule has 1 rings (SSSR count). The van der Waals surface area contributed by atoms with Gasteiger partial charge in [-0.3, -0.25) is 0 Å². The van der Waals surface area contributed by atoms with Crippen molar-refractivity contribution in [1.29, 1.82) is 0 Å². The van der Waals surface area contributed by atoms with Crippen molar-refractivity contribution in [2.45, 2.75) is 20.0 Å². The molecule has 0 aromatic carbocycles. The highest BCUT2D eigenvalue weighted by atomic mass is 16.5. The van der Waals surface area contributed by atoms with Crippen molar-refractivity contribution in [1.82, 2.24) is 10.3 Å². The van der Waals surface area contributed by atoms with Crippen LogP contribution in [0.25, 0.3) is 0 Å². The first-order chi connectivity index (χ1) is 6.19. The lowest BCUT2D eigenvalue weighted by molar-refractivity contribution is 0.0998. The van der Waals surface area contributed by atoms with Crippen LogP contribution in [0.4, 0.5) is 0 Å². The first kappa shape index (κ1) is 10.2. The second-order valence-corrected chi connectivity index (χ2v) is 2.96. The van der Waals surface area contributed by atoms with Crippen molar-refractivity contribution < 1.29 is 9.15 Å². The predicted molar refractivity (Wildman–Crippen MR) is 49.7 cm³/mol. The van der Waals surface area contributed by atoms with Gasteiger partial charge in [0.05, 0.1) is 0 Å². The van der Waals surface area contributed by atoms with Crippen molar-refractivity contribution in [2.24, 2.45) is 0 Å². The molecule has 0 saturated carbocycles. The molecule has 4 heteroatoms. The van der Waals surface area contributed by atoms with E-state index in [0.717, 1.165) is 18.0 Å². The quantitative estimate of drug-likeness (QED) is 0.763. The van der Waals surface area contributed by atoms with Gasteiger partial charge >= 0.3 is 0 Å². The molecule has 13 heavy (non-hydrogen) atoms. The molecule has 0 aliphatic carbocycles. The van der Waals surface area contributed by atoms with E-state index in [2.05, 4.69) is 10.3 Å². The highest BCUT2D eigenvalue weighted by molar-refractivity contribution is 5.11. The first-order valence-corrected chi connectivity index (χ1v) is 4.30. The molecule has 1 atom stereocenters. The Bertz CT molecular complexity index is 271. The molecule has 0 aliphatic rings. The van der Waals surface area contributed by atoms with Crippen LogP contribution in [0.5, 0.6) is 0 Å². The van der Waals surface area contributed by atoms with E-state index in [1.54, 1.807) is 7.11 Å². The lowest BCUT2D eigenvalue weighted by Crippen LogP contribution is -2.19. The Morgan fingerprint density at radius 1 is 1.54 bits per heavy atom. The minimum atomic E-state index is -0.0255. The van der Waals surface area contributed by atoms with E-state index in [9.17, 15) is 0 Å². The molecule has 4 nitrogen and oxygen atoms in total. The summed E-state index contributed by atoms with van der Waals surface area (Å²) in [6.45, 7) is 4.48. The molecule has 1 heterocycles. The van der Waals surface area contributed by atoms with Gasteiger partial charge in [-0.25, -0.2) is 4.98 Å². The molecule has 0 amide bonds. The van der Waals surface area contributed by atoms with Crippen LogP contribution in [0.15, 0.2) is 4.42 Å². The molecule has 0 spiro atoms. The van der Waals surface area contributed by atoms with E-state index in [-0.39, 0.29) is 6.10 Å². The molecule has 0 radical (unpaired) electrons. The third-order valence-electron chi connectivity index (χ3n) is 1.92. The van der Waals surface area contributed by atoms with Gasteiger partial charge in [-0.1, -0.05) is 0 Å². The van der Waals surface area contributed by atoms with Gasteiger partial charge in [0.25, 0.3) is 0 Å². The molecular weight excluding hydrogens is 168 g/mol. The fraction of sp³-hybridized carbons (Fsp3) is 0.667. The van der Waals surface area contributed by atoms with Crippen LogP contribution in [0.2, 0.25) is 0 Å². The maximum absolute atomic E-state index is 5.32. The number of oxazole rings is 1. The van der Waals surface area contributed by atoms with E-state index in [1.807, 2.05) is 20.9 Å². The maximum atomic E-state index is 5.32. The highest BCUT2D eigenvalue weighted by Crippen LogP contribution is 2.19. The van der Waals surface area contributed by atoms with E-state index in [4.69, 9.17) is 9.15 Å². The molecule has 1 N–H and O–H groups in total. The molecule has 1 unspecified atom stereocenters. The van der Waals surface area contributed by atoms with Crippen LogP contribution in [-0.2, 0) is 4.74 Å². The third-order valence-corrected chi connectivity index (χ3v) is 1.92. The largest absolute Gasteiger partial charge is 0.446 e. The number of hydrogen-bond acceptors (Lipinski definition) is 4. The molecule has 0 bridgehead atoms. The van der Waals surface area contributed by atoms with E-state index < -0.39 is 0 Å². The maximum Gasteiger partial charge on any atom is 0.191 e. The summed E-state index contributed by atoms with van der Waals surface area (Å²) in [5.74, 6) is 1.52. The Morgan fingerprint density at radius 3 is 2.62 bits per heavy atom. The van der Waals surface area contributed by atoms with Gasteiger partial charge in [0.15, 0.2) is 5.89 Å². The summed E-state index contributed by atoms with van der Waals surface area (Å²) in [5.41, 5.74) is 0.884. The Kier molecular flexibility index (Phi) is 3.45. The molecule has 0 aliphatic heterocycles. The molecule has 1 aromatic heterocycles. The number of aromatic nitrogens is 1. The van der Waals surface area contributed by atoms with Crippen LogP contribution in [0, 0.1) is 13.8 Å². The topological polar surface area (TPSA) is 47.3 Å². The Labute approximate surface area is 78.3 Å². The van der Waals surface area contributed by atoms with Crippen molar-refractivity contribution in [3.63, 3.8) is 0 Å². The lowest BCUT2D eigenvalue weighted by Gasteiger charge is -2.11. The molecule has 74 valence electrons. The van der Waals surface area contributed by atoms with Crippen LogP contribution >= 0.6 is 0 Å². The highest BCUT2D eigenvalue weighted by Gasteiger charge is 2.17. The SMILES string of the molecule is CNCC(OC)c1nc(C)oc1C. The molecule has 0 fully saturated rings. The number of nitrogens with zero attached hydrogens (tertiary/aromatic N) is 1. The van der Waals surface area contributed by atoms with Gasteiger partial charge in [0, 0.05) is 20.6 Å². The standard InChI is InChI=1S/C9H16N2O2/c1-6-9(11-7(2)13-6)8(12-4)5-10-3/h8,10H,5H2,1-4H3. The summed E-state index contributed by atoms with van der Waals surface area (Å²) in [5, 5.41) is 3.05. The van der Waals surface area contributed by atoms with Crippen LogP contribution in [-0.4, -0.2) is 25.7 Å². The van der Waals surface area contributed by atoms with E-state index in [1.165, 1.54) is 0 Å². The summed E-state index contributed by atoms with van der Waals surface area (Å²) >= 11 is 0. The van der Waals surface area contributed by atoms with Gasteiger partial charge in [0.2, 0.25) is 0 Å². The number of aryl methyl sites for hydroxylation is 2. The number of nitrogens with one attached hydrogen (secondary N) is 1. The summed E-state index contributed by atoms with van der Waals surface area (Å²) in [6, 6.07) is 0. The van der Waals surface area contributed by atoms with Gasteiger partial charge < -0.3 is 14.5 Å². The van der Waals surface area contributed by atoms with Crippen LogP contribution < -0.4 is 5.32 Å². The second-order valence-electron chi connectivity index (χ2n) is 2.96. The fourth-order valence-corrected chi connectivity index (χ4v) is 1.32. The van der Waals surface area contributed by atoms with Gasteiger partial charge in [-0.2, -0.15) is 0 Å². The fourth-order valence-electron chi connectivity index (χ4n) is 1.32. The van der Waals surface area contributed by atoms with Crippen molar-refractivity contribution >= 4 is 0 Å². The third kappa shape index (κ3) is 2.29. The van der Waals surface area contributed by atoms with Gasteiger partial charge in [-0.15, -0.1) is 0 Å². The number of likely N-dealkylation sites (N-methyl/N-ethyl adjacent to an activating group) is 1. The zero-order chi connectivity index (χ0) is 9.84. The van der Waals surface area contributed by atoms with Crippen molar-refractivity contribution in [3.8, 4) is 0 Å². The van der Waals surface area contributed by atoms with Crippen LogP contribution in [0.3, 0.4) is 0 Å². The van der Waals surface area contributed by atoms with Crippen LogP contribution in [0.1, 0.15) is 23.4 Å². The summed E-state index contributed by atoms with van der Waals surface area (Å²) in [7, 11) is 3.56. The lowest BCUT2D eigenvalue weighted by atomic mass is 10.2. The molecular formula is C9H16N2O2. The minimum absolute atomic E-state index is 0.0255. The smallest absolute Gasteiger partial charge is 0.191 e. The first-order valence-electron chi connectivity index (χ1n) is 4.30. The zero-order valence-electron chi connectivity index (χ0n) is 8.55. The van der Waals surface area contributed by atoms with E-state index >= 15 is 0 Å². The normalized spacial score (nSPS) is 13.2. The Balaban J connectivity index is 2.83. The average Bonchev–Trinajstić information content (AvgIpc) is 2.41. The summed E-state index contributed by atoms with van der Waals surface area (Å²) < 4.78 is 10.6. The van der Waals surface area contributed by atoms with Crippen molar-refractivity contribution in [3.05, 3.63) is 17.3 Å². The second kappa shape index (κ2) is 4.39.